The molecule has 1 unspecified atom stereocenters. The number of nitrogens with one attached hydrogen (secondary N) is 1. The molecule has 0 spiro atoms. The highest BCUT2D eigenvalue weighted by Gasteiger charge is 2.27. The summed E-state index contributed by atoms with van der Waals surface area (Å²) >= 11 is 1.65. The molecule has 1 aliphatic heterocycles. The van der Waals surface area contributed by atoms with Crippen LogP contribution in [-0.2, 0) is 5.41 Å². The Morgan fingerprint density at radius 3 is 2.81 bits per heavy atom. The summed E-state index contributed by atoms with van der Waals surface area (Å²) in [6.45, 7) is 6.51. The summed E-state index contributed by atoms with van der Waals surface area (Å²) in [6.07, 6.45) is 4.07. The number of imidazole rings is 1. The summed E-state index contributed by atoms with van der Waals surface area (Å²) in [6, 6.07) is 11.4. The minimum atomic E-state index is -0.198. The van der Waals surface area contributed by atoms with Crippen molar-refractivity contribution >= 4 is 34.0 Å². The Hall–Kier alpha value is -2.66. The first-order valence-electron chi connectivity index (χ1n) is 9.04. The van der Waals surface area contributed by atoms with E-state index >= 15 is 0 Å². The van der Waals surface area contributed by atoms with Crippen LogP contribution in [0.4, 0.5) is 4.39 Å². The maximum absolute atomic E-state index is 13.9. The molecule has 1 aliphatic rings. The molecule has 1 N–H and O–H groups in total. The standard InChI is InChI=1S/C22H20FN3S/c1-22(2,3)17-11-14(10-13-4-5-15(23)12-16(13)17)20-21-18(6-8-24-20)26-19(25-21)7-9-27-26/h4-12,20,24H,1-3H3. The van der Waals surface area contributed by atoms with Gasteiger partial charge in [0.15, 0.2) is 0 Å². The van der Waals surface area contributed by atoms with Gasteiger partial charge in [-0.25, -0.2) is 13.2 Å². The lowest BCUT2D eigenvalue weighted by Crippen LogP contribution is -2.22. The highest BCUT2D eigenvalue weighted by Crippen LogP contribution is 2.37. The zero-order chi connectivity index (χ0) is 18.8. The number of hydrogen-bond donors (Lipinski definition) is 1. The van der Waals surface area contributed by atoms with Crippen LogP contribution >= 0.6 is 11.5 Å². The molecule has 0 saturated carbocycles. The first kappa shape index (κ1) is 16.5. The molecule has 27 heavy (non-hydrogen) atoms. The number of halogens is 1. The molecule has 5 heteroatoms. The van der Waals surface area contributed by atoms with E-state index in [1.807, 2.05) is 18.3 Å². The molecule has 0 fully saturated rings. The van der Waals surface area contributed by atoms with Crippen molar-refractivity contribution in [3.8, 4) is 0 Å². The van der Waals surface area contributed by atoms with E-state index in [0.29, 0.717) is 0 Å². The molecule has 2 aromatic heterocycles. The van der Waals surface area contributed by atoms with Crippen LogP contribution in [0.2, 0.25) is 0 Å². The van der Waals surface area contributed by atoms with Crippen molar-refractivity contribution in [1.82, 2.24) is 14.1 Å². The largest absolute Gasteiger partial charge is 0.379 e. The molecule has 0 radical (unpaired) electrons. The van der Waals surface area contributed by atoms with Crippen molar-refractivity contribution in [3.05, 3.63) is 76.3 Å². The van der Waals surface area contributed by atoms with Gasteiger partial charge in [-0.1, -0.05) is 44.4 Å². The highest BCUT2D eigenvalue weighted by atomic mass is 32.1. The van der Waals surface area contributed by atoms with Crippen LogP contribution in [0.3, 0.4) is 0 Å². The van der Waals surface area contributed by atoms with Gasteiger partial charge in [-0.3, -0.25) is 0 Å². The highest BCUT2D eigenvalue weighted by molar-refractivity contribution is 7.04. The summed E-state index contributed by atoms with van der Waals surface area (Å²) in [7, 11) is 0. The monoisotopic (exact) mass is 377 g/mol. The lowest BCUT2D eigenvalue weighted by Gasteiger charge is -2.26. The molecule has 2 aromatic carbocycles. The van der Waals surface area contributed by atoms with Gasteiger partial charge in [-0.2, -0.15) is 0 Å². The van der Waals surface area contributed by atoms with E-state index in [2.05, 4.69) is 53.5 Å². The molecule has 3 heterocycles. The summed E-state index contributed by atoms with van der Waals surface area (Å²) in [5, 5.41) is 7.55. The van der Waals surface area contributed by atoms with Gasteiger partial charge in [0, 0.05) is 5.38 Å². The van der Waals surface area contributed by atoms with Gasteiger partial charge in [-0.15, -0.1) is 0 Å². The molecule has 0 aliphatic carbocycles. The summed E-state index contributed by atoms with van der Waals surface area (Å²) in [5.74, 6) is -0.198. The van der Waals surface area contributed by atoms with Gasteiger partial charge in [0.25, 0.3) is 0 Å². The molecular formula is C22H20FN3S. The number of aromatic nitrogens is 2. The van der Waals surface area contributed by atoms with E-state index < -0.39 is 0 Å². The molecule has 1 atom stereocenters. The van der Waals surface area contributed by atoms with Crippen LogP contribution in [-0.4, -0.2) is 8.77 Å². The fraction of sp³-hybridized carbons (Fsp3) is 0.227. The normalized spacial score (nSPS) is 16.7. The zero-order valence-corrected chi connectivity index (χ0v) is 16.3. The lowest BCUT2D eigenvalue weighted by molar-refractivity contribution is 0.591. The van der Waals surface area contributed by atoms with Crippen molar-refractivity contribution in [2.24, 2.45) is 0 Å². The fourth-order valence-corrected chi connectivity index (χ4v) is 4.67. The molecule has 3 nitrogen and oxygen atoms in total. The predicted octanol–water partition coefficient (Wildman–Crippen LogP) is 5.65. The smallest absolute Gasteiger partial charge is 0.147 e. The van der Waals surface area contributed by atoms with Crippen LogP contribution in [0.15, 0.2) is 48.0 Å². The summed E-state index contributed by atoms with van der Waals surface area (Å²) in [4.78, 5) is 4.86. The Morgan fingerprint density at radius 2 is 2.00 bits per heavy atom. The third-order valence-electron chi connectivity index (χ3n) is 5.17. The van der Waals surface area contributed by atoms with E-state index in [-0.39, 0.29) is 17.3 Å². The van der Waals surface area contributed by atoms with Gasteiger partial charge in [0.05, 0.1) is 17.4 Å². The van der Waals surface area contributed by atoms with E-state index in [9.17, 15) is 4.39 Å². The van der Waals surface area contributed by atoms with Crippen molar-refractivity contribution in [2.45, 2.75) is 32.2 Å². The number of nitrogens with zero attached hydrogens (tertiary/aromatic N) is 2. The van der Waals surface area contributed by atoms with Crippen LogP contribution in [0.5, 0.6) is 0 Å². The summed E-state index contributed by atoms with van der Waals surface area (Å²) < 4.78 is 16.1. The Balaban J connectivity index is 1.74. The molecule has 5 rings (SSSR count). The number of hydrogen-bond acceptors (Lipinski definition) is 3. The average Bonchev–Trinajstić information content (AvgIpc) is 3.21. The SMILES string of the molecule is CC(C)(C)c1cc(C2NC=Cc3c2nc2ccsn32)cc2ccc(F)cc12. The average molecular weight is 377 g/mol. The van der Waals surface area contributed by atoms with Crippen molar-refractivity contribution in [1.29, 1.82) is 0 Å². The Bertz CT molecular complexity index is 1210. The van der Waals surface area contributed by atoms with E-state index in [0.717, 1.165) is 38.9 Å². The third kappa shape index (κ3) is 2.57. The van der Waals surface area contributed by atoms with Gasteiger partial charge >= 0.3 is 0 Å². The molecule has 0 bridgehead atoms. The topological polar surface area (TPSA) is 29.3 Å². The quantitative estimate of drug-likeness (QED) is 0.464. The Kier molecular flexibility index (Phi) is 3.46. The fourth-order valence-electron chi connectivity index (χ4n) is 3.88. The van der Waals surface area contributed by atoms with E-state index in [4.69, 9.17) is 4.98 Å². The van der Waals surface area contributed by atoms with Gasteiger partial charge in [-0.05, 0) is 63.9 Å². The van der Waals surface area contributed by atoms with Crippen LogP contribution in [0, 0.1) is 5.82 Å². The van der Waals surface area contributed by atoms with Crippen molar-refractivity contribution < 1.29 is 4.39 Å². The minimum Gasteiger partial charge on any atom is -0.379 e. The van der Waals surface area contributed by atoms with Gasteiger partial charge < -0.3 is 5.32 Å². The molecule has 136 valence electrons. The molecular weight excluding hydrogens is 357 g/mol. The molecule has 4 aromatic rings. The summed E-state index contributed by atoms with van der Waals surface area (Å²) in [5.41, 5.74) is 5.33. The minimum absolute atomic E-state index is 0.0207. The first-order chi connectivity index (χ1) is 12.9. The third-order valence-corrected chi connectivity index (χ3v) is 6.02. The molecule has 0 saturated heterocycles. The first-order valence-corrected chi connectivity index (χ1v) is 9.88. The van der Waals surface area contributed by atoms with Crippen molar-refractivity contribution in [3.63, 3.8) is 0 Å². The number of benzene rings is 2. The second-order valence-electron chi connectivity index (χ2n) is 8.06. The lowest BCUT2D eigenvalue weighted by atomic mass is 9.81. The second kappa shape index (κ2) is 5.67. The molecule has 0 amide bonds. The van der Waals surface area contributed by atoms with Gasteiger partial charge in [0.1, 0.15) is 11.5 Å². The second-order valence-corrected chi connectivity index (χ2v) is 8.91. The maximum atomic E-state index is 13.9. The Morgan fingerprint density at radius 1 is 1.15 bits per heavy atom. The zero-order valence-electron chi connectivity index (χ0n) is 15.5. The van der Waals surface area contributed by atoms with Crippen LogP contribution < -0.4 is 5.32 Å². The number of rotatable bonds is 1. The predicted molar refractivity (Wildman–Crippen MR) is 110 cm³/mol. The van der Waals surface area contributed by atoms with Crippen molar-refractivity contribution in [2.75, 3.05) is 0 Å². The Labute approximate surface area is 161 Å². The van der Waals surface area contributed by atoms with Gasteiger partial charge in [0.2, 0.25) is 0 Å². The van der Waals surface area contributed by atoms with E-state index in [1.54, 1.807) is 17.6 Å². The van der Waals surface area contributed by atoms with E-state index in [1.165, 1.54) is 6.07 Å². The maximum Gasteiger partial charge on any atom is 0.147 e. The number of fused-ring (bicyclic) bond motifs is 4. The van der Waals surface area contributed by atoms with Crippen LogP contribution in [0.1, 0.15) is 49.3 Å². The van der Waals surface area contributed by atoms with Crippen LogP contribution in [0.25, 0.3) is 22.5 Å².